The van der Waals surface area contributed by atoms with Crippen molar-refractivity contribution < 1.29 is 0 Å². The number of fused-ring (bicyclic) bond motifs is 1. The Morgan fingerprint density at radius 2 is 2.14 bits per heavy atom. The molecule has 0 bridgehead atoms. The minimum atomic E-state index is -0.0409. The number of aryl methyl sites for hydroxylation is 1. The number of nitrogen functional groups attached to an aromatic ring is 1. The van der Waals surface area contributed by atoms with Crippen LogP contribution in [0.15, 0.2) is 28.4 Å². The van der Waals surface area contributed by atoms with Crippen LogP contribution in [0.2, 0.25) is 0 Å². The first-order chi connectivity index (χ1) is 10.5. The van der Waals surface area contributed by atoms with Gasteiger partial charge >= 0.3 is 0 Å². The van der Waals surface area contributed by atoms with Gasteiger partial charge < -0.3 is 10.7 Å². The predicted octanol–water partition coefficient (Wildman–Crippen LogP) is 3.41. The lowest BCUT2D eigenvalue weighted by Gasteiger charge is -2.13. The van der Waals surface area contributed by atoms with Crippen LogP contribution in [0.3, 0.4) is 0 Å². The van der Waals surface area contributed by atoms with E-state index in [-0.39, 0.29) is 5.92 Å². The predicted molar refractivity (Wildman–Crippen MR) is 93.8 cm³/mol. The van der Waals surface area contributed by atoms with Crippen LogP contribution < -0.4 is 5.73 Å². The van der Waals surface area contributed by atoms with Gasteiger partial charge in [-0.15, -0.1) is 24.4 Å². The first-order valence-electron chi connectivity index (χ1n) is 6.85. The topological polar surface area (TPSA) is 80.5 Å². The highest BCUT2D eigenvalue weighted by Gasteiger charge is 2.18. The molecule has 1 atom stereocenters. The molecule has 0 saturated heterocycles. The molecule has 3 N–H and O–H groups in total. The van der Waals surface area contributed by atoms with E-state index in [4.69, 9.17) is 5.73 Å². The molecule has 3 heterocycles. The molecule has 0 aromatic carbocycles. The van der Waals surface area contributed by atoms with Crippen molar-refractivity contribution in [3.63, 3.8) is 0 Å². The quantitative estimate of drug-likeness (QED) is 0.389. The number of hydrogen-bond acceptors (Lipinski definition) is 6. The summed E-state index contributed by atoms with van der Waals surface area (Å²) in [4.78, 5) is 17.3. The van der Waals surface area contributed by atoms with Gasteiger partial charge in [-0.3, -0.25) is 4.98 Å². The van der Waals surface area contributed by atoms with Gasteiger partial charge in [-0.05, 0) is 31.7 Å². The van der Waals surface area contributed by atoms with E-state index in [2.05, 4.69) is 45.6 Å². The molecule has 0 aliphatic rings. The Morgan fingerprint density at radius 1 is 1.36 bits per heavy atom. The minimum absolute atomic E-state index is 0.0409. The van der Waals surface area contributed by atoms with E-state index in [1.807, 2.05) is 25.6 Å². The highest BCUT2D eigenvalue weighted by atomic mass is 32.2. The first-order valence-corrected chi connectivity index (χ1v) is 8.52. The van der Waals surface area contributed by atoms with Crippen molar-refractivity contribution in [3.8, 4) is 0 Å². The van der Waals surface area contributed by atoms with Gasteiger partial charge in [0.2, 0.25) is 0 Å². The van der Waals surface area contributed by atoms with Gasteiger partial charge in [-0.1, -0.05) is 0 Å². The van der Waals surface area contributed by atoms with Crippen LogP contribution in [0.25, 0.3) is 10.9 Å². The maximum absolute atomic E-state index is 5.94. The van der Waals surface area contributed by atoms with E-state index in [9.17, 15) is 0 Å². The lowest BCUT2D eigenvalue weighted by atomic mass is 10.0. The van der Waals surface area contributed by atoms with Gasteiger partial charge in [0, 0.05) is 11.6 Å². The molecule has 3 aromatic heterocycles. The lowest BCUT2D eigenvalue weighted by Crippen LogP contribution is -2.08. The fraction of sp³-hybridized carbons (Fsp3) is 0.267. The minimum Gasteiger partial charge on any atom is -0.383 e. The number of thioether (sulfide) groups is 1. The van der Waals surface area contributed by atoms with Crippen molar-refractivity contribution in [2.75, 3.05) is 12.0 Å². The second-order valence-electron chi connectivity index (χ2n) is 5.17. The van der Waals surface area contributed by atoms with E-state index in [1.165, 1.54) is 22.7 Å². The van der Waals surface area contributed by atoms with Crippen molar-refractivity contribution in [1.82, 2.24) is 19.9 Å². The zero-order valence-corrected chi connectivity index (χ0v) is 14.3. The van der Waals surface area contributed by atoms with Crippen LogP contribution in [0, 0.1) is 6.92 Å². The second kappa shape index (κ2) is 5.81. The van der Waals surface area contributed by atoms with Gasteiger partial charge in [0.15, 0.2) is 0 Å². The number of anilines is 1. The number of aromatic nitrogens is 4. The molecule has 0 radical (unpaired) electrons. The van der Waals surface area contributed by atoms with Crippen LogP contribution >= 0.6 is 24.4 Å². The molecule has 0 amide bonds. The molecule has 0 fully saturated rings. The third-order valence-corrected chi connectivity index (χ3v) is 4.99. The summed E-state index contributed by atoms with van der Waals surface area (Å²) in [5.74, 6) is 1.03. The summed E-state index contributed by atoms with van der Waals surface area (Å²) in [6.45, 7) is 4.11. The average molecular weight is 331 g/mol. The molecule has 1 unspecified atom stereocenters. The van der Waals surface area contributed by atoms with Crippen molar-refractivity contribution >= 4 is 41.1 Å². The second-order valence-corrected chi connectivity index (χ2v) is 6.42. The van der Waals surface area contributed by atoms with Crippen LogP contribution in [0.4, 0.5) is 5.82 Å². The van der Waals surface area contributed by atoms with Gasteiger partial charge in [-0.2, -0.15) is 0 Å². The highest BCUT2D eigenvalue weighted by molar-refractivity contribution is 7.99. The van der Waals surface area contributed by atoms with Gasteiger partial charge in [0.05, 0.1) is 28.2 Å². The molecule has 3 rings (SSSR count). The van der Waals surface area contributed by atoms with E-state index in [0.717, 1.165) is 16.2 Å². The SMILES string of the molecule is CSc1nc(C(C)c2cc3c(C)c[nH]c3cn2)nc(N)c1S. The third kappa shape index (κ3) is 2.55. The monoisotopic (exact) mass is 331 g/mol. The third-order valence-electron chi connectivity index (χ3n) is 3.71. The van der Waals surface area contributed by atoms with Crippen LogP contribution in [-0.2, 0) is 0 Å². The summed E-state index contributed by atoms with van der Waals surface area (Å²) >= 11 is 5.87. The zero-order chi connectivity index (χ0) is 15.9. The number of H-pyrrole nitrogens is 1. The Hall–Kier alpha value is -1.73. The summed E-state index contributed by atoms with van der Waals surface area (Å²) < 4.78 is 0. The maximum atomic E-state index is 5.94. The average Bonchev–Trinajstić information content (AvgIpc) is 2.90. The molecular formula is C15H17N5S2. The maximum Gasteiger partial charge on any atom is 0.141 e. The smallest absolute Gasteiger partial charge is 0.141 e. The molecule has 5 nitrogen and oxygen atoms in total. The number of aromatic amines is 1. The number of thiol groups is 1. The van der Waals surface area contributed by atoms with Gasteiger partial charge in [0.25, 0.3) is 0 Å². The molecule has 0 saturated carbocycles. The summed E-state index contributed by atoms with van der Waals surface area (Å²) in [5, 5.41) is 1.96. The molecule has 114 valence electrons. The Labute approximate surface area is 138 Å². The van der Waals surface area contributed by atoms with E-state index in [1.54, 1.807) is 0 Å². The Kier molecular flexibility index (Phi) is 4.01. The summed E-state index contributed by atoms with van der Waals surface area (Å²) in [7, 11) is 0. The largest absolute Gasteiger partial charge is 0.383 e. The first kappa shape index (κ1) is 15.2. The molecule has 22 heavy (non-hydrogen) atoms. The molecule has 3 aromatic rings. The van der Waals surface area contributed by atoms with E-state index in [0.29, 0.717) is 16.5 Å². The standard InChI is InChI=1S/C15H17N5S2/c1-7-5-17-11-6-18-10(4-9(7)11)8(2)14-19-13(16)12(21)15(20-14)22-3/h4-6,8,17,21H,1-3H3,(H2,16,19,20). The molecule has 0 aliphatic heterocycles. The Morgan fingerprint density at radius 3 is 2.86 bits per heavy atom. The molecule has 0 aliphatic carbocycles. The normalized spacial score (nSPS) is 12.7. The highest BCUT2D eigenvalue weighted by Crippen LogP contribution is 2.30. The summed E-state index contributed by atoms with van der Waals surface area (Å²) in [6.07, 6.45) is 5.78. The number of pyridine rings is 1. The van der Waals surface area contributed by atoms with Gasteiger partial charge in [-0.25, -0.2) is 9.97 Å². The fourth-order valence-electron chi connectivity index (χ4n) is 2.35. The fourth-order valence-corrected chi connectivity index (χ4v) is 3.21. The number of nitrogens with one attached hydrogen (secondary N) is 1. The summed E-state index contributed by atoms with van der Waals surface area (Å²) in [5.41, 5.74) is 9.10. The van der Waals surface area contributed by atoms with Crippen LogP contribution in [0.5, 0.6) is 0 Å². The molecule has 0 spiro atoms. The van der Waals surface area contributed by atoms with Crippen molar-refractivity contribution in [1.29, 1.82) is 0 Å². The molecular weight excluding hydrogens is 314 g/mol. The van der Waals surface area contributed by atoms with Crippen molar-refractivity contribution in [2.45, 2.75) is 29.7 Å². The van der Waals surface area contributed by atoms with E-state index < -0.39 is 0 Å². The number of hydrogen-bond donors (Lipinski definition) is 3. The number of nitrogens with zero attached hydrogens (tertiary/aromatic N) is 3. The van der Waals surface area contributed by atoms with Crippen LogP contribution in [-0.4, -0.2) is 26.2 Å². The number of rotatable bonds is 3. The lowest BCUT2D eigenvalue weighted by molar-refractivity contribution is 0.756. The zero-order valence-electron chi connectivity index (χ0n) is 12.6. The van der Waals surface area contributed by atoms with Crippen molar-refractivity contribution in [3.05, 3.63) is 35.5 Å². The Balaban J connectivity index is 2.06. The summed E-state index contributed by atoms with van der Waals surface area (Å²) in [6, 6.07) is 2.08. The van der Waals surface area contributed by atoms with Gasteiger partial charge in [0.1, 0.15) is 16.7 Å². The Bertz CT molecular complexity index is 843. The van der Waals surface area contributed by atoms with Crippen molar-refractivity contribution in [2.24, 2.45) is 0 Å². The number of nitrogens with two attached hydrogens (primary N) is 1. The van der Waals surface area contributed by atoms with Crippen LogP contribution in [0.1, 0.15) is 29.9 Å². The van der Waals surface area contributed by atoms with E-state index >= 15 is 0 Å². The molecule has 7 heteroatoms.